The molecule has 25 heavy (non-hydrogen) atoms. The van der Waals surface area contributed by atoms with Gasteiger partial charge in [-0.2, -0.15) is 0 Å². The van der Waals surface area contributed by atoms with Gasteiger partial charge in [-0.25, -0.2) is 4.98 Å². The Labute approximate surface area is 147 Å². The summed E-state index contributed by atoms with van der Waals surface area (Å²) < 4.78 is 0. The number of nitrogens with zero attached hydrogens (tertiary/aromatic N) is 2. The Morgan fingerprint density at radius 2 is 1.92 bits per heavy atom. The predicted molar refractivity (Wildman–Crippen MR) is 99.3 cm³/mol. The number of H-pyrrole nitrogens is 1. The summed E-state index contributed by atoms with van der Waals surface area (Å²) in [6.07, 6.45) is 2.76. The van der Waals surface area contributed by atoms with Crippen LogP contribution in [0.25, 0.3) is 11.0 Å². The fourth-order valence-electron chi connectivity index (χ4n) is 3.54. The lowest BCUT2D eigenvalue weighted by Crippen LogP contribution is -2.29. The first-order chi connectivity index (χ1) is 12.2. The molecule has 4 nitrogen and oxygen atoms in total. The second kappa shape index (κ2) is 6.71. The number of aryl methyl sites for hydroxylation is 1. The number of imidazole rings is 1. The lowest BCUT2D eigenvalue weighted by Gasteiger charge is -2.17. The van der Waals surface area contributed by atoms with Crippen LogP contribution in [0.1, 0.15) is 30.1 Å². The van der Waals surface area contributed by atoms with Gasteiger partial charge in [-0.1, -0.05) is 42.5 Å². The summed E-state index contributed by atoms with van der Waals surface area (Å²) >= 11 is 0. The molecule has 3 aromatic rings. The molecule has 2 atom stereocenters. The fourth-order valence-corrected chi connectivity index (χ4v) is 3.54. The van der Waals surface area contributed by atoms with Gasteiger partial charge >= 0.3 is 0 Å². The summed E-state index contributed by atoms with van der Waals surface area (Å²) in [5.41, 5.74) is 3.37. The van der Waals surface area contributed by atoms with Crippen molar-refractivity contribution in [3.05, 3.63) is 66.0 Å². The van der Waals surface area contributed by atoms with Gasteiger partial charge in [0.1, 0.15) is 5.82 Å². The van der Waals surface area contributed by atoms with Gasteiger partial charge in [0.2, 0.25) is 5.91 Å². The molecule has 1 saturated carbocycles. The van der Waals surface area contributed by atoms with Crippen molar-refractivity contribution in [2.45, 2.75) is 25.2 Å². The number of amides is 1. The molecular weight excluding hydrogens is 310 g/mol. The van der Waals surface area contributed by atoms with Crippen LogP contribution in [0.3, 0.4) is 0 Å². The van der Waals surface area contributed by atoms with E-state index in [-0.39, 0.29) is 11.8 Å². The third-order valence-corrected chi connectivity index (χ3v) is 5.06. The molecule has 0 aliphatic heterocycles. The molecule has 1 N–H and O–H groups in total. The molecular formula is C21H23N3O. The highest BCUT2D eigenvalue weighted by Crippen LogP contribution is 2.48. The lowest BCUT2D eigenvalue weighted by molar-refractivity contribution is -0.131. The van der Waals surface area contributed by atoms with Crippen molar-refractivity contribution in [3.8, 4) is 0 Å². The van der Waals surface area contributed by atoms with Gasteiger partial charge < -0.3 is 9.88 Å². The third kappa shape index (κ3) is 3.43. The number of carbonyl (C=O) groups excluding carboxylic acids is 1. The Kier molecular flexibility index (Phi) is 4.26. The number of fused-ring (bicyclic) bond motifs is 1. The zero-order chi connectivity index (χ0) is 17.2. The Morgan fingerprint density at radius 3 is 2.72 bits per heavy atom. The van der Waals surface area contributed by atoms with Crippen molar-refractivity contribution in [3.63, 3.8) is 0 Å². The number of carbonyl (C=O) groups is 1. The third-order valence-electron chi connectivity index (χ3n) is 5.06. The molecule has 1 heterocycles. The van der Waals surface area contributed by atoms with E-state index < -0.39 is 0 Å². The molecule has 128 valence electrons. The van der Waals surface area contributed by atoms with Crippen LogP contribution in [0.15, 0.2) is 54.6 Å². The SMILES string of the molecule is CN(CCCc1nc2ccccc2[nH]1)C(=O)[C@H]1C[C@H]1c1ccccc1. The second-order valence-electron chi connectivity index (χ2n) is 6.92. The molecule has 1 aliphatic carbocycles. The zero-order valence-electron chi connectivity index (χ0n) is 14.5. The summed E-state index contributed by atoms with van der Waals surface area (Å²) in [5.74, 6) is 1.85. The van der Waals surface area contributed by atoms with E-state index in [9.17, 15) is 4.79 Å². The van der Waals surface area contributed by atoms with E-state index in [0.29, 0.717) is 5.92 Å². The minimum Gasteiger partial charge on any atom is -0.345 e. The largest absolute Gasteiger partial charge is 0.345 e. The first-order valence-electron chi connectivity index (χ1n) is 8.96. The summed E-state index contributed by atoms with van der Waals surface area (Å²) in [6.45, 7) is 0.772. The van der Waals surface area contributed by atoms with Crippen molar-refractivity contribution in [1.29, 1.82) is 0 Å². The van der Waals surface area contributed by atoms with Crippen molar-refractivity contribution < 1.29 is 4.79 Å². The molecule has 0 saturated heterocycles. The molecule has 1 amide bonds. The standard InChI is InChI=1S/C21H23N3O/c1-24(21(25)17-14-16(17)15-8-3-2-4-9-15)13-7-12-20-22-18-10-5-6-11-19(18)23-20/h2-6,8-11,16-17H,7,12-14H2,1H3,(H,22,23)/t16-,17-/m0/s1. The van der Waals surface area contributed by atoms with Crippen LogP contribution in [-0.2, 0) is 11.2 Å². The minimum absolute atomic E-state index is 0.165. The van der Waals surface area contributed by atoms with E-state index in [2.05, 4.69) is 22.1 Å². The van der Waals surface area contributed by atoms with E-state index in [1.807, 2.05) is 54.4 Å². The number of para-hydroxylation sites is 2. The zero-order valence-corrected chi connectivity index (χ0v) is 14.5. The van der Waals surface area contributed by atoms with Crippen molar-refractivity contribution >= 4 is 16.9 Å². The van der Waals surface area contributed by atoms with E-state index in [1.54, 1.807) is 0 Å². The van der Waals surface area contributed by atoms with Gasteiger partial charge in [-0.15, -0.1) is 0 Å². The molecule has 1 fully saturated rings. The summed E-state index contributed by atoms with van der Waals surface area (Å²) in [5, 5.41) is 0. The molecule has 1 aliphatic rings. The Bertz CT molecular complexity index is 838. The second-order valence-corrected chi connectivity index (χ2v) is 6.92. The average Bonchev–Trinajstić information content (AvgIpc) is 3.34. The molecule has 4 rings (SSSR count). The van der Waals surface area contributed by atoms with Crippen molar-refractivity contribution in [2.24, 2.45) is 5.92 Å². The number of hydrogen-bond donors (Lipinski definition) is 1. The number of nitrogens with one attached hydrogen (secondary N) is 1. The molecule has 0 bridgehead atoms. The van der Waals surface area contributed by atoms with Crippen LogP contribution in [0, 0.1) is 5.92 Å². The summed E-state index contributed by atoms with van der Waals surface area (Å²) in [7, 11) is 1.92. The smallest absolute Gasteiger partial charge is 0.226 e. The summed E-state index contributed by atoms with van der Waals surface area (Å²) in [6, 6.07) is 18.4. The maximum absolute atomic E-state index is 12.6. The number of aromatic nitrogens is 2. The monoisotopic (exact) mass is 333 g/mol. The minimum atomic E-state index is 0.165. The van der Waals surface area contributed by atoms with Gasteiger partial charge in [0.05, 0.1) is 11.0 Å². The van der Waals surface area contributed by atoms with Crippen LogP contribution in [0.4, 0.5) is 0 Å². The number of aromatic amines is 1. The highest BCUT2D eigenvalue weighted by Gasteiger charge is 2.44. The number of hydrogen-bond acceptors (Lipinski definition) is 2. The Balaban J connectivity index is 1.27. The van der Waals surface area contributed by atoms with E-state index >= 15 is 0 Å². The van der Waals surface area contributed by atoms with Crippen molar-refractivity contribution in [1.82, 2.24) is 14.9 Å². The molecule has 0 unspecified atom stereocenters. The van der Waals surface area contributed by atoms with Crippen molar-refractivity contribution in [2.75, 3.05) is 13.6 Å². The van der Waals surface area contributed by atoms with Gasteiger partial charge in [0.15, 0.2) is 0 Å². The lowest BCUT2D eigenvalue weighted by atomic mass is 10.1. The number of rotatable bonds is 6. The maximum atomic E-state index is 12.6. The van der Waals surface area contributed by atoms with Crippen LogP contribution < -0.4 is 0 Å². The number of benzene rings is 2. The van der Waals surface area contributed by atoms with Gasteiger partial charge in [0, 0.05) is 25.9 Å². The topological polar surface area (TPSA) is 49.0 Å². The first kappa shape index (κ1) is 15.9. The molecule has 4 heteroatoms. The predicted octanol–water partition coefficient (Wildman–Crippen LogP) is 3.76. The molecule has 2 aromatic carbocycles. The van der Waals surface area contributed by atoms with Gasteiger partial charge in [0.25, 0.3) is 0 Å². The van der Waals surface area contributed by atoms with E-state index in [1.165, 1.54) is 5.56 Å². The van der Waals surface area contributed by atoms with Crippen LogP contribution >= 0.6 is 0 Å². The molecule has 0 radical (unpaired) electrons. The van der Waals surface area contributed by atoms with Gasteiger partial charge in [-0.3, -0.25) is 4.79 Å². The Morgan fingerprint density at radius 1 is 1.16 bits per heavy atom. The summed E-state index contributed by atoms with van der Waals surface area (Å²) in [4.78, 5) is 22.4. The normalized spacial score (nSPS) is 19.1. The van der Waals surface area contributed by atoms with Gasteiger partial charge in [-0.05, 0) is 36.5 Å². The molecule has 1 aromatic heterocycles. The first-order valence-corrected chi connectivity index (χ1v) is 8.96. The van der Waals surface area contributed by atoms with Crippen LogP contribution in [-0.4, -0.2) is 34.4 Å². The highest BCUT2D eigenvalue weighted by molar-refractivity contribution is 5.82. The van der Waals surface area contributed by atoms with E-state index in [4.69, 9.17) is 0 Å². The van der Waals surface area contributed by atoms with Crippen LogP contribution in [0.5, 0.6) is 0 Å². The Hall–Kier alpha value is -2.62. The average molecular weight is 333 g/mol. The highest BCUT2D eigenvalue weighted by atomic mass is 16.2. The fraction of sp³-hybridized carbons (Fsp3) is 0.333. The molecule has 0 spiro atoms. The van der Waals surface area contributed by atoms with Crippen LogP contribution in [0.2, 0.25) is 0 Å². The quantitative estimate of drug-likeness (QED) is 0.747. The van der Waals surface area contributed by atoms with E-state index in [0.717, 1.165) is 42.7 Å². The maximum Gasteiger partial charge on any atom is 0.226 e.